The second-order valence-electron chi connectivity index (χ2n) is 4.31. The minimum atomic E-state index is 0.728. The molecule has 0 spiro atoms. The van der Waals surface area contributed by atoms with Gasteiger partial charge in [0.25, 0.3) is 0 Å². The lowest BCUT2D eigenvalue weighted by molar-refractivity contribution is 0.311. The zero-order valence-electron chi connectivity index (χ0n) is 11.1. The van der Waals surface area contributed by atoms with E-state index >= 15 is 0 Å². The Morgan fingerprint density at radius 1 is 1.12 bits per heavy atom. The highest BCUT2D eigenvalue weighted by atomic mass is 16.5. The molecule has 0 aromatic heterocycles. The van der Waals surface area contributed by atoms with Crippen molar-refractivity contribution in [2.75, 3.05) is 20.2 Å². The number of benzene rings is 1. The van der Waals surface area contributed by atoms with E-state index in [1.807, 2.05) is 6.92 Å². The summed E-state index contributed by atoms with van der Waals surface area (Å²) in [5.41, 5.74) is 3.92. The van der Waals surface area contributed by atoms with E-state index in [9.17, 15) is 0 Å². The average Bonchev–Trinajstić information content (AvgIpc) is 2.25. The smallest absolute Gasteiger partial charge is 0.124 e. The zero-order chi connectivity index (χ0) is 12.1. The SMILES string of the molecule is CCOc1cc(C)c(C)cc1CN(C)CC. The third-order valence-corrected chi connectivity index (χ3v) is 2.96. The van der Waals surface area contributed by atoms with Crippen LogP contribution in [0.3, 0.4) is 0 Å². The highest BCUT2D eigenvalue weighted by Gasteiger charge is 2.08. The predicted octanol–water partition coefficient (Wildman–Crippen LogP) is 3.15. The molecular formula is C14H23NO. The van der Waals surface area contributed by atoms with Gasteiger partial charge in [0.2, 0.25) is 0 Å². The molecule has 0 fully saturated rings. The molecule has 1 rings (SSSR count). The summed E-state index contributed by atoms with van der Waals surface area (Å²) in [5, 5.41) is 0. The highest BCUT2D eigenvalue weighted by Crippen LogP contribution is 2.24. The summed E-state index contributed by atoms with van der Waals surface area (Å²) in [6.45, 7) is 11.2. The van der Waals surface area contributed by atoms with E-state index in [0.29, 0.717) is 0 Å². The van der Waals surface area contributed by atoms with Crippen molar-refractivity contribution in [3.8, 4) is 5.75 Å². The van der Waals surface area contributed by atoms with Gasteiger partial charge in [-0.05, 0) is 51.6 Å². The van der Waals surface area contributed by atoms with Crippen molar-refractivity contribution in [1.29, 1.82) is 0 Å². The first kappa shape index (κ1) is 13.0. The summed E-state index contributed by atoms with van der Waals surface area (Å²) in [4.78, 5) is 2.28. The quantitative estimate of drug-likeness (QED) is 0.757. The fraction of sp³-hybridized carbons (Fsp3) is 0.571. The largest absolute Gasteiger partial charge is 0.494 e. The lowest BCUT2D eigenvalue weighted by Crippen LogP contribution is -2.17. The maximum Gasteiger partial charge on any atom is 0.124 e. The Bertz CT molecular complexity index is 347. The van der Waals surface area contributed by atoms with Crippen molar-refractivity contribution in [3.05, 3.63) is 28.8 Å². The Labute approximate surface area is 99.2 Å². The van der Waals surface area contributed by atoms with E-state index in [-0.39, 0.29) is 0 Å². The molecule has 1 aromatic rings. The molecule has 0 saturated heterocycles. The second kappa shape index (κ2) is 5.90. The molecule has 0 amide bonds. The van der Waals surface area contributed by atoms with E-state index in [4.69, 9.17) is 4.74 Å². The molecule has 0 atom stereocenters. The third kappa shape index (κ3) is 3.24. The Morgan fingerprint density at radius 3 is 2.31 bits per heavy atom. The third-order valence-electron chi connectivity index (χ3n) is 2.96. The molecule has 0 aliphatic carbocycles. The van der Waals surface area contributed by atoms with Crippen molar-refractivity contribution in [3.63, 3.8) is 0 Å². The van der Waals surface area contributed by atoms with Crippen molar-refractivity contribution < 1.29 is 4.74 Å². The van der Waals surface area contributed by atoms with Crippen molar-refractivity contribution in [2.24, 2.45) is 0 Å². The standard InChI is InChI=1S/C14H23NO/c1-6-15(5)10-13-8-11(3)12(4)9-14(13)16-7-2/h8-9H,6-7,10H2,1-5H3. The van der Waals surface area contributed by atoms with Gasteiger partial charge in [0, 0.05) is 12.1 Å². The summed E-state index contributed by atoms with van der Waals surface area (Å²) >= 11 is 0. The molecule has 0 heterocycles. The van der Waals surface area contributed by atoms with E-state index in [0.717, 1.165) is 25.4 Å². The summed E-state index contributed by atoms with van der Waals surface area (Å²) in [6, 6.07) is 4.39. The molecular weight excluding hydrogens is 198 g/mol. The fourth-order valence-corrected chi connectivity index (χ4v) is 1.67. The van der Waals surface area contributed by atoms with Gasteiger partial charge in [-0.2, -0.15) is 0 Å². The van der Waals surface area contributed by atoms with Crippen LogP contribution in [-0.4, -0.2) is 25.1 Å². The Morgan fingerprint density at radius 2 is 1.75 bits per heavy atom. The molecule has 1 aromatic carbocycles. The van der Waals surface area contributed by atoms with Gasteiger partial charge >= 0.3 is 0 Å². The minimum absolute atomic E-state index is 0.728. The Hall–Kier alpha value is -1.02. The van der Waals surface area contributed by atoms with Crippen molar-refractivity contribution in [2.45, 2.75) is 34.2 Å². The molecule has 2 heteroatoms. The number of aryl methyl sites for hydroxylation is 2. The summed E-state index contributed by atoms with van der Waals surface area (Å²) in [7, 11) is 2.13. The fourth-order valence-electron chi connectivity index (χ4n) is 1.67. The molecule has 0 aliphatic rings. The Balaban J connectivity index is 2.99. The minimum Gasteiger partial charge on any atom is -0.494 e. The van der Waals surface area contributed by atoms with Crippen LogP contribution in [-0.2, 0) is 6.54 Å². The van der Waals surface area contributed by atoms with Crippen LogP contribution in [0.2, 0.25) is 0 Å². The first-order chi connectivity index (χ1) is 7.58. The van der Waals surface area contributed by atoms with Crippen LogP contribution in [0.25, 0.3) is 0 Å². The van der Waals surface area contributed by atoms with Crippen LogP contribution >= 0.6 is 0 Å². The molecule has 0 saturated carbocycles. The van der Waals surface area contributed by atoms with Crippen LogP contribution in [0.4, 0.5) is 0 Å². The van der Waals surface area contributed by atoms with Crippen LogP contribution in [0.1, 0.15) is 30.5 Å². The lowest BCUT2D eigenvalue weighted by atomic mass is 10.0. The monoisotopic (exact) mass is 221 g/mol. The van der Waals surface area contributed by atoms with E-state index < -0.39 is 0 Å². The molecule has 0 N–H and O–H groups in total. The summed E-state index contributed by atoms with van der Waals surface area (Å²) < 4.78 is 5.69. The number of hydrogen-bond donors (Lipinski definition) is 0. The van der Waals surface area contributed by atoms with E-state index in [1.165, 1.54) is 16.7 Å². The molecule has 0 aliphatic heterocycles. The van der Waals surface area contributed by atoms with Crippen LogP contribution in [0, 0.1) is 13.8 Å². The van der Waals surface area contributed by atoms with Gasteiger partial charge < -0.3 is 9.64 Å². The number of ether oxygens (including phenoxy) is 1. The first-order valence-electron chi connectivity index (χ1n) is 5.99. The lowest BCUT2D eigenvalue weighted by Gasteiger charge is -2.18. The molecule has 2 nitrogen and oxygen atoms in total. The Kier molecular flexibility index (Phi) is 4.81. The van der Waals surface area contributed by atoms with Gasteiger partial charge in [-0.15, -0.1) is 0 Å². The molecule has 90 valence electrons. The van der Waals surface area contributed by atoms with Gasteiger partial charge in [0.1, 0.15) is 5.75 Å². The van der Waals surface area contributed by atoms with E-state index in [2.05, 4.69) is 44.9 Å². The van der Waals surface area contributed by atoms with Gasteiger partial charge in [0.05, 0.1) is 6.61 Å². The highest BCUT2D eigenvalue weighted by molar-refractivity contribution is 5.41. The topological polar surface area (TPSA) is 12.5 Å². The second-order valence-corrected chi connectivity index (χ2v) is 4.31. The van der Waals surface area contributed by atoms with Gasteiger partial charge in [-0.3, -0.25) is 0 Å². The zero-order valence-corrected chi connectivity index (χ0v) is 11.1. The predicted molar refractivity (Wildman–Crippen MR) is 69.1 cm³/mol. The molecule has 0 unspecified atom stereocenters. The molecule has 0 radical (unpaired) electrons. The summed E-state index contributed by atoms with van der Waals surface area (Å²) in [6.07, 6.45) is 0. The summed E-state index contributed by atoms with van der Waals surface area (Å²) in [5.74, 6) is 1.03. The van der Waals surface area contributed by atoms with Gasteiger partial charge in [0.15, 0.2) is 0 Å². The number of nitrogens with zero attached hydrogens (tertiary/aromatic N) is 1. The van der Waals surface area contributed by atoms with Crippen LogP contribution < -0.4 is 4.74 Å². The molecule has 16 heavy (non-hydrogen) atoms. The first-order valence-corrected chi connectivity index (χ1v) is 5.99. The maximum atomic E-state index is 5.69. The number of rotatable bonds is 5. The average molecular weight is 221 g/mol. The van der Waals surface area contributed by atoms with Crippen LogP contribution in [0.15, 0.2) is 12.1 Å². The normalized spacial score (nSPS) is 10.9. The van der Waals surface area contributed by atoms with E-state index in [1.54, 1.807) is 0 Å². The van der Waals surface area contributed by atoms with Crippen LogP contribution in [0.5, 0.6) is 5.75 Å². The van der Waals surface area contributed by atoms with Gasteiger partial charge in [-0.25, -0.2) is 0 Å². The maximum absolute atomic E-state index is 5.69. The van der Waals surface area contributed by atoms with Crippen molar-refractivity contribution in [1.82, 2.24) is 4.90 Å². The number of hydrogen-bond acceptors (Lipinski definition) is 2. The van der Waals surface area contributed by atoms with Gasteiger partial charge in [-0.1, -0.05) is 13.0 Å². The van der Waals surface area contributed by atoms with Crippen molar-refractivity contribution >= 4 is 0 Å². The molecule has 0 bridgehead atoms.